The molecule has 2 N–H and O–H groups in total. The summed E-state index contributed by atoms with van der Waals surface area (Å²) in [5, 5.41) is 22.8. The fourth-order valence-corrected chi connectivity index (χ4v) is 1.31. The van der Waals surface area contributed by atoms with E-state index >= 15 is 0 Å². The molecule has 0 unspecified atom stereocenters. The molecule has 0 aliphatic carbocycles. The molecule has 0 bridgehead atoms. The Morgan fingerprint density at radius 2 is 2.29 bits per heavy atom. The van der Waals surface area contributed by atoms with Crippen LogP contribution in [0.3, 0.4) is 0 Å². The Hall–Kier alpha value is -1.75. The molecule has 0 atom stereocenters. The van der Waals surface area contributed by atoms with Gasteiger partial charge in [0, 0.05) is 5.56 Å². The number of aliphatic hydroxyl groups excluding tert-OH is 1. The fourth-order valence-electron chi connectivity index (χ4n) is 1.31. The Labute approximate surface area is 80.8 Å². The largest absolute Gasteiger partial charge is 0.392 e. The predicted molar refractivity (Wildman–Crippen MR) is 50.3 cm³/mol. The van der Waals surface area contributed by atoms with Gasteiger partial charge in [-0.05, 0) is 23.8 Å². The lowest BCUT2D eigenvalue weighted by Gasteiger charge is -2.03. The molecule has 1 aromatic carbocycles. The maximum atomic E-state index is 9.12. The van der Waals surface area contributed by atoms with Crippen LogP contribution in [-0.4, -0.2) is 25.7 Å². The van der Waals surface area contributed by atoms with Crippen LogP contribution in [0.2, 0.25) is 0 Å². The second kappa shape index (κ2) is 3.55. The van der Waals surface area contributed by atoms with Crippen molar-refractivity contribution in [3.63, 3.8) is 0 Å². The van der Waals surface area contributed by atoms with Crippen molar-refractivity contribution in [3.05, 3.63) is 29.3 Å². The second-order valence-electron chi connectivity index (χ2n) is 3.05. The summed E-state index contributed by atoms with van der Waals surface area (Å²) in [4.78, 5) is 0. The van der Waals surface area contributed by atoms with Gasteiger partial charge in [-0.2, -0.15) is 5.21 Å². The molecule has 5 heteroatoms. The number of aryl methyl sites for hydroxylation is 1. The first-order valence-electron chi connectivity index (χ1n) is 4.25. The molecule has 5 nitrogen and oxygen atoms in total. The van der Waals surface area contributed by atoms with E-state index in [0.717, 1.165) is 16.7 Å². The third-order valence-corrected chi connectivity index (χ3v) is 2.02. The van der Waals surface area contributed by atoms with Crippen molar-refractivity contribution in [3.8, 4) is 11.4 Å². The van der Waals surface area contributed by atoms with Gasteiger partial charge in [0.2, 0.25) is 5.82 Å². The molecule has 2 aromatic rings. The van der Waals surface area contributed by atoms with Gasteiger partial charge in [0.25, 0.3) is 0 Å². The number of nitrogens with zero attached hydrogens (tertiary/aromatic N) is 3. The molecule has 0 aliphatic heterocycles. The maximum Gasteiger partial charge on any atom is 0.205 e. The molecule has 14 heavy (non-hydrogen) atoms. The van der Waals surface area contributed by atoms with Gasteiger partial charge in [-0.15, -0.1) is 10.2 Å². The zero-order valence-corrected chi connectivity index (χ0v) is 7.73. The first-order valence-corrected chi connectivity index (χ1v) is 4.25. The van der Waals surface area contributed by atoms with Crippen LogP contribution in [0.5, 0.6) is 0 Å². The highest BCUT2D eigenvalue weighted by Gasteiger charge is 2.08. The van der Waals surface area contributed by atoms with Gasteiger partial charge in [-0.25, -0.2) is 0 Å². The van der Waals surface area contributed by atoms with Crippen LogP contribution in [0.4, 0.5) is 0 Å². The molecule has 0 amide bonds. The van der Waals surface area contributed by atoms with Gasteiger partial charge in [-0.3, -0.25) is 0 Å². The van der Waals surface area contributed by atoms with Crippen molar-refractivity contribution in [2.45, 2.75) is 13.5 Å². The number of aromatic amines is 1. The Bertz CT molecular complexity index is 424. The molecule has 0 saturated heterocycles. The van der Waals surface area contributed by atoms with Crippen molar-refractivity contribution in [2.24, 2.45) is 0 Å². The Balaban J connectivity index is 2.55. The molecule has 1 heterocycles. The van der Waals surface area contributed by atoms with Crippen LogP contribution in [0, 0.1) is 6.92 Å². The van der Waals surface area contributed by atoms with Gasteiger partial charge in [-0.1, -0.05) is 17.7 Å². The second-order valence-corrected chi connectivity index (χ2v) is 3.05. The van der Waals surface area contributed by atoms with Gasteiger partial charge in [0.05, 0.1) is 6.61 Å². The summed E-state index contributed by atoms with van der Waals surface area (Å²) in [7, 11) is 0. The third-order valence-electron chi connectivity index (χ3n) is 2.02. The van der Waals surface area contributed by atoms with E-state index in [1.165, 1.54) is 0 Å². The number of tetrazole rings is 1. The summed E-state index contributed by atoms with van der Waals surface area (Å²) < 4.78 is 0. The highest BCUT2D eigenvalue weighted by atomic mass is 16.3. The van der Waals surface area contributed by atoms with Crippen LogP contribution in [0.15, 0.2) is 18.2 Å². The minimum absolute atomic E-state index is 0.0237. The number of rotatable bonds is 2. The summed E-state index contributed by atoms with van der Waals surface area (Å²) >= 11 is 0. The quantitative estimate of drug-likeness (QED) is 0.729. The zero-order valence-electron chi connectivity index (χ0n) is 7.73. The van der Waals surface area contributed by atoms with Gasteiger partial charge in [0.1, 0.15) is 0 Å². The van der Waals surface area contributed by atoms with Gasteiger partial charge in [0.15, 0.2) is 0 Å². The number of hydrogen-bond acceptors (Lipinski definition) is 4. The summed E-state index contributed by atoms with van der Waals surface area (Å²) in [6, 6.07) is 5.73. The first-order chi connectivity index (χ1) is 6.81. The molecule has 72 valence electrons. The van der Waals surface area contributed by atoms with Crippen molar-refractivity contribution in [1.29, 1.82) is 0 Å². The monoisotopic (exact) mass is 190 g/mol. The average Bonchev–Trinajstić information content (AvgIpc) is 2.70. The highest BCUT2D eigenvalue weighted by molar-refractivity contribution is 5.60. The number of nitrogens with one attached hydrogen (secondary N) is 1. The van der Waals surface area contributed by atoms with E-state index in [4.69, 9.17) is 5.11 Å². The topological polar surface area (TPSA) is 74.7 Å². The smallest absolute Gasteiger partial charge is 0.205 e. The molecule has 2 rings (SSSR count). The highest BCUT2D eigenvalue weighted by Crippen LogP contribution is 2.20. The number of benzene rings is 1. The summed E-state index contributed by atoms with van der Waals surface area (Å²) in [6.07, 6.45) is 0. The van der Waals surface area contributed by atoms with Crippen molar-refractivity contribution >= 4 is 0 Å². The molecule has 1 aromatic heterocycles. The molecule has 0 fully saturated rings. The Morgan fingerprint density at radius 1 is 1.43 bits per heavy atom. The fraction of sp³-hybridized carbons (Fsp3) is 0.222. The van der Waals surface area contributed by atoms with Crippen molar-refractivity contribution < 1.29 is 5.11 Å². The zero-order chi connectivity index (χ0) is 9.97. The van der Waals surface area contributed by atoms with Crippen LogP contribution < -0.4 is 0 Å². The molecular weight excluding hydrogens is 180 g/mol. The van der Waals surface area contributed by atoms with Crippen LogP contribution in [-0.2, 0) is 6.61 Å². The third kappa shape index (κ3) is 1.49. The van der Waals surface area contributed by atoms with E-state index in [9.17, 15) is 0 Å². The molecular formula is C9H10N4O. The van der Waals surface area contributed by atoms with Crippen molar-refractivity contribution in [1.82, 2.24) is 20.6 Å². The lowest BCUT2D eigenvalue weighted by atomic mass is 10.0. The Morgan fingerprint density at radius 3 is 2.93 bits per heavy atom. The number of aromatic nitrogens is 4. The van der Waals surface area contributed by atoms with Gasteiger partial charge >= 0.3 is 0 Å². The maximum absolute atomic E-state index is 9.12. The lowest BCUT2D eigenvalue weighted by molar-refractivity contribution is 0.282. The molecule has 0 saturated carbocycles. The normalized spacial score (nSPS) is 10.4. The van der Waals surface area contributed by atoms with Crippen LogP contribution in [0.25, 0.3) is 11.4 Å². The first kappa shape index (κ1) is 8.83. The number of H-pyrrole nitrogens is 1. The van der Waals surface area contributed by atoms with Crippen LogP contribution in [0.1, 0.15) is 11.1 Å². The standard InChI is InChI=1S/C9H10N4O/c1-6-2-3-7(5-14)8(4-6)9-10-12-13-11-9/h2-4,14H,5H2,1H3,(H,10,11,12,13). The minimum atomic E-state index is -0.0237. The summed E-state index contributed by atoms with van der Waals surface area (Å²) in [6.45, 7) is 1.95. The number of hydrogen-bond donors (Lipinski definition) is 2. The molecule has 0 spiro atoms. The van der Waals surface area contributed by atoms with E-state index in [1.807, 2.05) is 25.1 Å². The predicted octanol–water partition coefficient (Wildman–Crippen LogP) is 0.667. The minimum Gasteiger partial charge on any atom is -0.392 e. The molecule has 0 radical (unpaired) electrons. The SMILES string of the molecule is Cc1ccc(CO)c(-c2nn[nH]n2)c1. The summed E-state index contributed by atoms with van der Waals surface area (Å²) in [5.74, 6) is 0.512. The summed E-state index contributed by atoms with van der Waals surface area (Å²) in [5.41, 5.74) is 2.72. The number of aliphatic hydroxyl groups is 1. The van der Waals surface area contributed by atoms with E-state index in [-0.39, 0.29) is 6.61 Å². The average molecular weight is 190 g/mol. The lowest BCUT2D eigenvalue weighted by Crippen LogP contribution is -1.92. The molecule has 0 aliphatic rings. The van der Waals surface area contributed by atoms with E-state index in [0.29, 0.717) is 5.82 Å². The van der Waals surface area contributed by atoms with Gasteiger partial charge < -0.3 is 5.11 Å². The van der Waals surface area contributed by atoms with Crippen molar-refractivity contribution in [2.75, 3.05) is 0 Å². The van der Waals surface area contributed by atoms with Crippen LogP contribution >= 0.6 is 0 Å². The Kier molecular flexibility index (Phi) is 2.24. The van der Waals surface area contributed by atoms with E-state index < -0.39 is 0 Å². The van der Waals surface area contributed by atoms with E-state index in [1.54, 1.807) is 0 Å². The van der Waals surface area contributed by atoms with E-state index in [2.05, 4.69) is 20.6 Å².